The van der Waals surface area contributed by atoms with Gasteiger partial charge in [-0.05, 0) is 40.2 Å². The summed E-state index contributed by atoms with van der Waals surface area (Å²) in [6, 6.07) is 1.47. The van der Waals surface area contributed by atoms with Crippen LogP contribution in [0.4, 0.5) is 19.0 Å². The molecule has 1 amide bonds. The highest BCUT2D eigenvalue weighted by atomic mass is 79.9. The number of amides is 1. The SMILES string of the molecule is CN(C(=O)c1nn2c(c1Br)N[C@H](c1cccs1)C[C@@H]2C(F)(F)F)C1CCCCC1. The van der Waals surface area contributed by atoms with Crippen LogP contribution in [0.15, 0.2) is 22.0 Å². The first-order chi connectivity index (χ1) is 13.8. The van der Waals surface area contributed by atoms with Crippen molar-refractivity contribution in [2.45, 2.75) is 62.8 Å². The third-order valence-corrected chi connectivity index (χ3v) is 7.56. The van der Waals surface area contributed by atoms with E-state index in [1.54, 1.807) is 11.9 Å². The van der Waals surface area contributed by atoms with Gasteiger partial charge in [0.15, 0.2) is 11.7 Å². The van der Waals surface area contributed by atoms with Crippen LogP contribution < -0.4 is 5.32 Å². The normalized spacial score (nSPS) is 22.8. The quantitative estimate of drug-likeness (QED) is 0.593. The van der Waals surface area contributed by atoms with Gasteiger partial charge >= 0.3 is 6.18 Å². The lowest BCUT2D eigenvalue weighted by molar-refractivity contribution is -0.173. The van der Waals surface area contributed by atoms with Gasteiger partial charge < -0.3 is 10.2 Å². The number of carbonyl (C=O) groups is 1. The van der Waals surface area contributed by atoms with E-state index < -0.39 is 18.3 Å². The van der Waals surface area contributed by atoms with E-state index in [0.717, 1.165) is 41.7 Å². The minimum atomic E-state index is -4.46. The Bertz CT molecular complexity index is 877. The van der Waals surface area contributed by atoms with Crippen molar-refractivity contribution >= 4 is 39.0 Å². The predicted octanol–water partition coefficient (Wildman–Crippen LogP) is 5.77. The number of hydrogen-bond acceptors (Lipinski definition) is 4. The average Bonchev–Trinajstić information content (AvgIpc) is 3.35. The van der Waals surface area contributed by atoms with Crippen LogP contribution in [0.5, 0.6) is 0 Å². The maximum absolute atomic E-state index is 13.8. The first kappa shape index (κ1) is 20.7. The Hall–Kier alpha value is -1.55. The smallest absolute Gasteiger partial charge is 0.362 e. The molecule has 1 fully saturated rings. The molecule has 158 valence electrons. The zero-order chi connectivity index (χ0) is 20.8. The molecule has 1 aliphatic heterocycles. The summed E-state index contributed by atoms with van der Waals surface area (Å²) in [5.41, 5.74) is 0.0293. The molecule has 1 aliphatic carbocycles. The van der Waals surface area contributed by atoms with E-state index in [2.05, 4.69) is 26.3 Å². The molecule has 5 nitrogen and oxygen atoms in total. The van der Waals surface area contributed by atoms with E-state index >= 15 is 0 Å². The molecule has 10 heteroatoms. The van der Waals surface area contributed by atoms with E-state index in [0.29, 0.717) is 4.47 Å². The van der Waals surface area contributed by atoms with Crippen LogP contribution in [-0.2, 0) is 0 Å². The van der Waals surface area contributed by atoms with Crippen LogP contribution in [0, 0.1) is 0 Å². The fraction of sp³-hybridized carbons (Fsp3) is 0.579. The van der Waals surface area contributed by atoms with Gasteiger partial charge in [0.05, 0.1) is 10.5 Å². The first-order valence-electron chi connectivity index (χ1n) is 9.69. The molecule has 2 aliphatic rings. The van der Waals surface area contributed by atoms with Crippen molar-refractivity contribution in [2.24, 2.45) is 0 Å². The second kappa shape index (κ2) is 7.94. The van der Waals surface area contributed by atoms with Gasteiger partial charge in [0.2, 0.25) is 0 Å². The Balaban J connectivity index is 1.68. The van der Waals surface area contributed by atoms with E-state index in [1.807, 2.05) is 17.5 Å². The van der Waals surface area contributed by atoms with Gasteiger partial charge in [-0.3, -0.25) is 4.79 Å². The standard InChI is InChI=1S/C19H22BrF3N4OS/c1-26(11-6-3-2-4-7-11)18(28)16-15(20)17-24-12(13-8-5-9-29-13)10-14(19(21,22)23)27(17)25-16/h5,8-9,11-12,14,24H,2-4,6-7,10H2,1H3/t12-,14+/m0/s1. The zero-order valence-electron chi connectivity index (χ0n) is 15.9. The Labute approximate surface area is 179 Å². The Morgan fingerprint density at radius 1 is 1.34 bits per heavy atom. The molecule has 0 radical (unpaired) electrons. The highest BCUT2D eigenvalue weighted by Gasteiger charge is 2.48. The van der Waals surface area contributed by atoms with Crippen LogP contribution in [-0.4, -0.2) is 39.9 Å². The summed E-state index contributed by atoms with van der Waals surface area (Å²) in [4.78, 5) is 15.5. The number of alkyl halides is 3. The summed E-state index contributed by atoms with van der Waals surface area (Å²) in [5.74, 6) is -0.140. The molecule has 2 aromatic heterocycles. The van der Waals surface area contributed by atoms with E-state index in [4.69, 9.17) is 0 Å². The number of aromatic nitrogens is 2. The van der Waals surface area contributed by atoms with Gasteiger partial charge in [-0.25, -0.2) is 4.68 Å². The number of halogens is 4. The number of nitrogens with one attached hydrogen (secondary N) is 1. The van der Waals surface area contributed by atoms with Crippen molar-refractivity contribution in [3.8, 4) is 0 Å². The molecule has 0 bridgehead atoms. The number of thiophene rings is 1. The third-order valence-electron chi connectivity index (χ3n) is 5.83. The summed E-state index contributed by atoms with van der Waals surface area (Å²) >= 11 is 4.77. The van der Waals surface area contributed by atoms with Crippen molar-refractivity contribution in [1.82, 2.24) is 14.7 Å². The second-order valence-electron chi connectivity index (χ2n) is 7.67. The molecule has 1 N–H and O–H groups in total. The third kappa shape index (κ3) is 3.93. The van der Waals surface area contributed by atoms with Crippen LogP contribution >= 0.6 is 27.3 Å². The molecule has 2 atom stereocenters. The lowest BCUT2D eigenvalue weighted by atomic mass is 9.94. The Kier molecular flexibility index (Phi) is 5.67. The molecular weight excluding hydrogens is 469 g/mol. The molecule has 29 heavy (non-hydrogen) atoms. The number of anilines is 1. The maximum Gasteiger partial charge on any atom is 0.410 e. The number of carbonyl (C=O) groups excluding carboxylic acids is 1. The summed E-state index contributed by atoms with van der Waals surface area (Å²) in [7, 11) is 1.71. The summed E-state index contributed by atoms with van der Waals surface area (Å²) < 4.78 is 42.7. The lowest BCUT2D eigenvalue weighted by Crippen LogP contribution is -2.39. The summed E-state index contributed by atoms with van der Waals surface area (Å²) in [6.07, 6.45) is 0.466. The Morgan fingerprint density at radius 2 is 2.07 bits per heavy atom. The van der Waals surface area contributed by atoms with Crippen LogP contribution in [0.2, 0.25) is 0 Å². The molecule has 0 spiro atoms. The van der Waals surface area contributed by atoms with Gasteiger partial charge in [-0.1, -0.05) is 25.3 Å². The molecule has 2 aromatic rings. The predicted molar refractivity (Wildman–Crippen MR) is 109 cm³/mol. The second-order valence-corrected chi connectivity index (χ2v) is 9.44. The summed E-state index contributed by atoms with van der Waals surface area (Å²) in [5, 5.41) is 9.13. The van der Waals surface area contributed by atoms with Crippen LogP contribution in [0.1, 0.15) is 66.0 Å². The maximum atomic E-state index is 13.8. The monoisotopic (exact) mass is 490 g/mol. The van der Waals surface area contributed by atoms with Gasteiger partial charge in [0.1, 0.15) is 5.82 Å². The average molecular weight is 491 g/mol. The molecule has 3 heterocycles. The van der Waals surface area contributed by atoms with Crippen molar-refractivity contribution < 1.29 is 18.0 Å². The summed E-state index contributed by atoms with van der Waals surface area (Å²) in [6.45, 7) is 0. The first-order valence-corrected chi connectivity index (χ1v) is 11.4. The van der Waals surface area contributed by atoms with Gasteiger partial charge in [-0.15, -0.1) is 11.3 Å². The number of fused-ring (bicyclic) bond motifs is 1. The molecule has 0 aromatic carbocycles. The van der Waals surface area contributed by atoms with Gasteiger partial charge in [0, 0.05) is 24.4 Å². The van der Waals surface area contributed by atoms with Crippen molar-refractivity contribution in [3.05, 3.63) is 32.6 Å². The fourth-order valence-electron chi connectivity index (χ4n) is 4.20. The van der Waals surface area contributed by atoms with Crippen molar-refractivity contribution in [1.29, 1.82) is 0 Å². The topological polar surface area (TPSA) is 50.2 Å². The minimum absolute atomic E-state index is 0.0293. The molecule has 0 unspecified atom stereocenters. The van der Waals surface area contributed by atoms with E-state index in [9.17, 15) is 18.0 Å². The van der Waals surface area contributed by atoms with Crippen molar-refractivity contribution in [2.75, 3.05) is 12.4 Å². The molecular formula is C19H22BrF3N4OS. The zero-order valence-corrected chi connectivity index (χ0v) is 18.3. The van der Waals surface area contributed by atoms with Crippen LogP contribution in [0.25, 0.3) is 0 Å². The van der Waals surface area contributed by atoms with E-state index in [1.165, 1.54) is 11.3 Å². The number of nitrogens with zero attached hydrogens (tertiary/aromatic N) is 3. The lowest BCUT2D eigenvalue weighted by Gasteiger charge is -2.33. The Morgan fingerprint density at radius 3 is 2.69 bits per heavy atom. The number of hydrogen-bond donors (Lipinski definition) is 1. The van der Waals surface area contributed by atoms with Crippen LogP contribution in [0.3, 0.4) is 0 Å². The molecule has 4 rings (SSSR count). The largest absolute Gasteiger partial charge is 0.410 e. The van der Waals surface area contributed by atoms with Gasteiger partial charge in [-0.2, -0.15) is 18.3 Å². The highest BCUT2D eigenvalue weighted by Crippen LogP contribution is 2.47. The molecule has 0 saturated heterocycles. The molecule has 1 saturated carbocycles. The number of rotatable bonds is 3. The highest BCUT2D eigenvalue weighted by molar-refractivity contribution is 9.10. The fourth-order valence-corrected chi connectivity index (χ4v) is 5.54. The van der Waals surface area contributed by atoms with E-state index in [-0.39, 0.29) is 29.9 Å². The van der Waals surface area contributed by atoms with Gasteiger partial charge in [0.25, 0.3) is 5.91 Å². The van der Waals surface area contributed by atoms with Crippen molar-refractivity contribution in [3.63, 3.8) is 0 Å². The minimum Gasteiger partial charge on any atom is -0.362 e.